The summed E-state index contributed by atoms with van der Waals surface area (Å²) >= 11 is 1.39. The first-order chi connectivity index (χ1) is 8.67. The van der Waals surface area contributed by atoms with E-state index in [2.05, 4.69) is 0 Å². The Balaban J connectivity index is 2.50. The van der Waals surface area contributed by atoms with Crippen molar-refractivity contribution in [2.24, 2.45) is 5.92 Å². The van der Waals surface area contributed by atoms with Crippen molar-refractivity contribution in [3.63, 3.8) is 0 Å². The number of carbonyl (C=O) groups excluding carboxylic acids is 1. The normalized spacial score (nSPS) is 12.2. The number of ether oxygens (including phenoxy) is 2. The van der Waals surface area contributed by atoms with Gasteiger partial charge in [-0.3, -0.25) is 4.79 Å². The van der Waals surface area contributed by atoms with Crippen molar-refractivity contribution in [1.29, 1.82) is 0 Å². The molecule has 0 N–H and O–H groups in total. The molecule has 0 bridgehead atoms. The van der Waals surface area contributed by atoms with Gasteiger partial charge >= 0.3 is 0 Å². The van der Waals surface area contributed by atoms with Crippen LogP contribution in [0.5, 0.6) is 5.75 Å². The monoisotopic (exact) mass is 268 g/mol. The van der Waals surface area contributed by atoms with E-state index in [4.69, 9.17) is 9.47 Å². The van der Waals surface area contributed by atoms with Crippen LogP contribution in [-0.2, 0) is 16.0 Å². The summed E-state index contributed by atoms with van der Waals surface area (Å²) in [6.45, 7) is 4.22. The van der Waals surface area contributed by atoms with Crippen LogP contribution in [0.2, 0.25) is 0 Å². The number of rotatable bonds is 7. The molecule has 1 aromatic rings. The van der Waals surface area contributed by atoms with Crippen molar-refractivity contribution in [3.8, 4) is 5.75 Å². The van der Waals surface area contributed by atoms with Gasteiger partial charge in [0.05, 0.1) is 0 Å². The molecule has 3 nitrogen and oxygen atoms in total. The number of benzene rings is 1. The second-order valence-corrected chi connectivity index (χ2v) is 5.32. The minimum Gasteiger partial charge on any atom is -0.468 e. The van der Waals surface area contributed by atoms with Crippen molar-refractivity contribution in [2.75, 3.05) is 19.7 Å². The average molecular weight is 268 g/mol. The molecule has 0 radical (unpaired) electrons. The van der Waals surface area contributed by atoms with Crippen LogP contribution in [0.15, 0.2) is 24.3 Å². The number of methoxy groups -OCH3 is 1. The summed E-state index contributed by atoms with van der Waals surface area (Å²) in [7, 11) is 1.59. The Labute approximate surface area is 113 Å². The van der Waals surface area contributed by atoms with E-state index in [-0.39, 0.29) is 17.8 Å². The molecule has 1 rings (SSSR count). The zero-order chi connectivity index (χ0) is 13.4. The Bertz CT molecular complexity index is 362. The van der Waals surface area contributed by atoms with E-state index in [1.165, 1.54) is 11.8 Å². The van der Waals surface area contributed by atoms with Crippen LogP contribution in [0.3, 0.4) is 0 Å². The maximum absolute atomic E-state index is 11.7. The lowest BCUT2D eigenvalue weighted by Crippen LogP contribution is -2.10. The van der Waals surface area contributed by atoms with E-state index < -0.39 is 0 Å². The summed E-state index contributed by atoms with van der Waals surface area (Å²) in [4.78, 5) is 11.7. The third kappa shape index (κ3) is 5.10. The minimum atomic E-state index is 0.0562. The SMILES string of the molecule is CCSC(=O)C(C)Cc1ccc(OCOC)cc1. The summed E-state index contributed by atoms with van der Waals surface area (Å²) in [6, 6.07) is 7.79. The summed E-state index contributed by atoms with van der Waals surface area (Å²) in [5.74, 6) is 1.68. The zero-order valence-corrected chi connectivity index (χ0v) is 12.0. The quantitative estimate of drug-likeness (QED) is 0.712. The third-order valence-corrected chi connectivity index (χ3v) is 3.47. The molecule has 4 heteroatoms. The molecule has 0 aliphatic rings. The predicted molar refractivity (Wildman–Crippen MR) is 75.0 cm³/mol. The molecule has 100 valence electrons. The Kier molecular flexibility index (Phi) is 6.83. The summed E-state index contributed by atoms with van der Waals surface area (Å²) in [5.41, 5.74) is 1.15. The van der Waals surface area contributed by atoms with Crippen molar-refractivity contribution in [1.82, 2.24) is 0 Å². The molecular weight excluding hydrogens is 248 g/mol. The fourth-order valence-corrected chi connectivity index (χ4v) is 2.22. The number of hydrogen-bond donors (Lipinski definition) is 0. The van der Waals surface area contributed by atoms with Crippen LogP contribution >= 0.6 is 11.8 Å². The molecule has 0 spiro atoms. The van der Waals surface area contributed by atoms with Gasteiger partial charge in [0.15, 0.2) is 11.9 Å². The highest BCUT2D eigenvalue weighted by Crippen LogP contribution is 2.18. The lowest BCUT2D eigenvalue weighted by molar-refractivity contribution is -0.113. The van der Waals surface area contributed by atoms with E-state index in [1.807, 2.05) is 38.1 Å². The summed E-state index contributed by atoms with van der Waals surface area (Å²) < 4.78 is 10.1. The van der Waals surface area contributed by atoms with Crippen LogP contribution in [-0.4, -0.2) is 24.8 Å². The van der Waals surface area contributed by atoms with Gasteiger partial charge in [-0.25, -0.2) is 0 Å². The largest absolute Gasteiger partial charge is 0.468 e. The zero-order valence-electron chi connectivity index (χ0n) is 11.1. The van der Waals surface area contributed by atoms with Gasteiger partial charge in [0.25, 0.3) is 0 Å². The predicted octanol–water partition coefficient (Wildman–Crippen LogP) is 3.13. The standard InChI is InChI=1S/C14H20O3S/c1-4-18-14(15)11(2)9-12-5-7-13(8-6-12)17-10-16-3/h5-8,11H,4,9-10H2,1-3H3. The van der Waals surface area contributed by atoms with Crippen molar-refractivity contribution >= 4 is 16.9 Å². The second-order valence-electron chi connectivity index (χ2n) is 4.05. The molecule has 0 saturated heterocycles. The van der Waals surface area contributed by atoms with Crippen LogP contribution in [0.4, 0.5) is 0 Å². The van der Waals surface area contributed by atoms with Crippen molar-refractivity contribution < 1.29 is 14.3 Å². The third-order valence-electron chi connectivity index (χ3n) is 2.50. The van der Waals surface area contributed by atoms with Gasteiger partial charge in [0.2, 0.25) is 0 Å². The summed E-state index contributed by atoms with van der Waals surface area (Å²) in [5, 5.41) is 0.261. The molecule has 0 aromatic heterocycles. The van der Waals surface area contributed by atoms with E-state index in [0.29, 0.717) is 0 Å². The highest BCUT2D eigenvalue weighted by atomic mass is 32.2. The fraction of sp³-hybridized carbons (Fsp3) is 0.500. The second kappa shape index (κ2) is 8.16. The molecule has 0 aliphatic heterocycles. The first-order valence-corrected chi connectivity index (χ1v) is 7.03. The van der Waals surface area contributed by atoms with Gasteiger partial charge in [-0.15, -0.1) is 0 Å². The van der Waals surface area contributed by atoms with Crippen LogP contribution in [0, 0.1) is 5.92 Å². The van der Waals surface area contributed by atoms with E-state index in [0.717, 1.165) is 23.5 Å². The Morgan fingerprint density at radius 2 is 2.00 bits per heavy atom. The van der Waals surface area contributed by atoms with Gasteiger partial charge in [-0.2, -0.15) is 0 Å². The number of hydrogen-bond acceptors (Lipinski definition) is 4. The molecular formula is C14H20O3S. The molecule has 1 unspecified atom stereocenters. The topological polar surface area (TPSA) is 35.5 Å². The molecule has 0 fully saturated rings. The smallest absolute Gasteiger partial charge is 0.192 e. The molecule has 1 atom stereocenters. The maximum atomic E-state index is 11.7. The van der Waals surface area contributed by atoms with Crippen LogP contribution < -0.4 is 4.74 Å². The number of carbonyl (C=O) groups is 1. The van der Waals surface area contributed by atoms with Crippen LogP contribution in [0.1, 0.15) is 19.4 Å². The molecule has 0 aliphatic carbocycles. The van der Waals surface area contributed by atoms with E-state index in [1.54, 1.807) is 7.11 Å². The highest BCUT2D eigenvalue weighted by Gasteiger charge is 2.13. The molecule has 1 aromatic carbocycles. The maximum Gasteiger partial charge on any atom is 0.192 e. The van der Waals surface area contributed by atoms with Gasteiger partial charge in [-0.05, 0) is 29.9 Å². The fourth-order valence-electron chi connectivity index (χ4n) is 1.57. The first kappa shape index (κ1) is 15.1. The minimum absolute atomic E-state index is 0.0562. The van der Waals surface area contributed by atoms with Gasteiger partial charge in [0, 0.05) is 13.0 Å². The van der Waals surface area contributed by atoms with Gasteiger partial charge in [0.1, 0.15) is 5.75 Å². The molecule has 0 saturated carbocycles. The van der Waals surface area contributed by atoms with Gasteiger partial charge in [-0.1, -0.05) is 37.7 Å². The number of thioether (sulfide) groups is 1. The lowest BCUT2D eigenvalue weighted by Gasteiger charge is -2.10. The molecule has 0 heterocycles. The molecule has 0 amide bonds. The molecule has 18 heavy (non-hydrogen) atoms. The average Bonchev–Trinajstić information content (AvgIpc) is 2.38. The first-order valence-electron chi connectivity index (χ1n) is 6.04. The lowest BCUT2D eigenvalue weighted by atomic mass is 10.0. The van der Waals surface area contributed by atoms with E-state index >= 15 is 0 Å². The highest BCUT2D eigenvalue weighted by molar-refractivity contribution is 8.13. The van der Waals surface area contributed by atoms with Crippen LogP contribution in [0.25, 0.3) is 0 Å². The Hall–Kier alpha value is -1.00. The Morgan fingerprint density at radius 1 is 1.33 bits per heavy atom. The van der Waals surface area contributed by atoms with Crippen molar-refractivity contribution in [2.45, 2.75) is 20.3 Å². The van der Waals surface area contributed by atoms with Crippen molar-refractivity contribution in [3.05, 3.63) is 29.8 Å². The summed E-state index contributed by atoms with van der Waals surface area (Å²) in [6.07, 6.45) is 0.774. The van der Waals surface area contributed by atoms with E-state index in [9.17, 15) is 4.79 Å². The van der Waals surface area contributed by atoms with Gasteiger partial charge < -0.3 is 9.47 Å². The Morgan fingerprint density at radius 3 is 2.56 bits per heavy atom.